The number of imidazole rings is 1. The summed E-state index contributed by atoms with van der Waals surface area (Å²) in [6.07, 6.45) is 6.50. The van der Waals surface area contributed by atoms with Gasteiger partial charge in [-0.1, -0.05) is 30.4 Å². The van der Waals surface area contributed by atoms with Crippen LogP contribution in [0.2, 0.25) is 0 Å². The van der Waals surface area contributed by atoms with Crippen molar-refractivity contribution in [3.63, 3.8) is 0 Å². The number of para-hydroxylation sites is 2. The number of rotatable bonds is 13. The topological polar surface area (TPSA) is 74.6 Å². The average Bonchev–Trinajstić information content (AvgIpc) is 3.30. The molecule has 0 radical (unpaired) electrons. The quantitative estimate of drug-likeness (QED) is 0.225. The monoisotopic (exact) mass is 513 g/mol. The summed E-state index contributed by atoms with van der Waals surface area (Å²) in [5.74, 6) is 3.06. The van der Waals surface area contributed by atoms with E-state index in [9.17, 15) is 4.79 Å². The Morgan fingerprint density at radius 2 is 1.79 bits per heavy atom. The van der Waals surface area contributed by atoms with Crippen molar-refractivity contribution in [3.05, 3.63) is 89.8 Å². The van der Waals surface area contributed by atoms with Gasteiger partial charge >= 0.3 is 0 Å². The molecule has 0 saturated heterocycles. The summed E-state index contributed by atoms with van der Waals surface area (Å²) < 4.78 is 18.9. The fourth-order valence-corrected chi connectivity index (χ4v) is 4.35. The average molecular weight is 514 g/mol. The molecule has 1 aromatic heterocycles. The number of ether oxygens (including phenoxy) is 3. The van der Waals surface area contributed by atoms with Crippen molar-refractivity contribution in [1.82, 2.24) is 14.9 Å². The number of methoxy groups -OCH3 is 2. The smallest absolute Gasteiger partial charge is 0.251 e. The number of benzene rings is 3. The summed E-state index contributed by atoms with van der Waals surface area (Å²) in [6, 6.07) is 21.2. The summed E-state index contributed by atoms with van der Waals surface area (Å²) in [4.78, 5) is 17.4. The van der Waals surface area contributed by atoms with Gasteiger partial charge in [-0.25, -0.2) is 4.98 Å². The molecule has 3 aromatic carbocycles. The highest BCUT2D eigenvalue weighted by molar-refractivity contribution is 5.94. The van der Waals surface area contributed by atoms with Crippen molar-refractivity contribution in [1.29, 1.82) is 0 Å². The van der Waals surface area contributed by atoms with E-state index >= 15 is 0 Å². The molecule has 0 aliphatic heterocycles. The Hall–Kier alpha value is -4.26. The van der Waals surface area contributed by atoms with Crippen molar-refractivity contribution in [2.24, 2.45) is 0 Å². The molecule has 7 nitrogen and oxygen atoms in total. The van der Waals surface area contributed by atoms with Gasteiger partial charge in [0, 0.05) is 25.1 Å². The Morgan fingerprint density at radius 3 is 2.55 bits per heavy atom. The van der Waals surface area contributed by atoms with Crippen molar-refractivity contribution < 1.29 is 19.0 Å². The van der Waals surface area contributed by atoms with E-state index in [0.717, 1.165) is 59.1 Å². The summed E-state index contributed by atoms with van der Waals surface area (Å²) in [6.45, 7) is 3.91. The summed E-state index contributed by atoms with van der Waals surface area (Å²) >= 11 is 0. The minimum absolute atomic E-state index is 0.110. The first-order valence-corrected chi connectivity index (χ1v) is 12.9. The van der Waals surface area contributed by atoms with Gasteiger partial charge in [0.2, 0.25) is 0 Å². The van der Waals surface area contributed by atoms with E-state index in [1.54, 1.807) is 38.5 Å². The van der Waals surface area contributed by atoms with Gasteiger partial charge in [0.15, 0.2) is 11.5 Å². The number of carbonyl (C=O) groups is 1. The van der Waals surface area contributed by atoms with Crippen LogP contribution in [0.25, 0.3) is 17.1 Å². The van der Waals surface area contributed by atoms with Gasteiger partial charge in [-0.3, -0.25) is 4.79 Å². The molecule has 0 aliphatic rings. The van der Waals surface area contributed by atoms with Crippen LogP contribution in [0.15, 0.2) is 72.8 Å². The molecule has 1 amide bonds. The summed E-state index contributed by atoms with van der Waals surface area (Å²) in [5.41, 5.74) is 3.75. The number of fused-ring (bicyclic) bond motifs is 1. The molecule has 0 spiro atoms. The fraction of sp³-hybridized carbons (Fsp3) is 0.290. The number of nitrogens with one attached hydrogen (secondary N) is 1. The van der Waals surface area contributed by atoms with Gasteiger partial charge in [-0.15, -0.1) is 0 Å². The van der Waals surface area contributed by atoms with Crippen LogP contribution in [0.5, 0.6) is 17.2 Å². The molecular weight excluding hydrogens is 478 g/mol. The van der Waals surface area contributed by atoms with Crippen molar-refractivity contribution >= 4 is 23.0 Å². The molecule has 198 valence electrons. The number of hydrogen-bond donors (Lipinski definition) is 1. The molecule has 0 saturated carbocycles. The molecule has 0 fully saturated rings. The first kappa shape index (κ1) is 26.8. The van der Waals surface area contributed by atoms with E-state index in [1.807, 2.05) is 55.5 Å². The second kappa shape index (κ2) is 13.3. The van der Waals surface area contributed by atoms with E-state index in [4.69, 9.17) is 19.2 Å². The number of allylic oxidation sites excluding steroid dienone is 1. The summed E-state index contributed by atoms with van der Waals surface area (Å²) in [5, 5.41) is 3.00. The molecule has 0 atom stereocenters. The van der Waals surface area contributed by atoms with Crippen molar-refractivity contribution in [2.75, 3.05) is 27.4 Å². The van der Waals surface area contributed by atoms with Crippen molar-refractivity contribution in [3.8, 4) is 17.2 Å². The maximum atomic E-state index is 12.5. The number of nitrogens with zero attached hydrogens (tertiary/aromatic N) is 2. The Morgan fingerprint density at radius 1 is 0.974 bits per heavy atom. The number of aromatic nitrogens is 2. The van der Waals surface area contributed by atoms with Gasteiger partial charge in [-0.05, 0) is 73.9 Å². The minimum atomic E-state index is -0.110. The zero-order chi connectivity index (χ0) is 26.7. The molecule has 4 aromatic rings. The highest BCUT2D eigenvalue weighted by atomic mass is 16.5. The number of carbonyl (C=O) groups excluding carboxylic acids is 1. The Bertz CT molecular complexity index is 1380. The molecular formula is C31H35N3O4. The van der Waals surface area contributed by atoms with Crippen LogP contribution in [0, 0.1) is 0 Å². The van der Waals surface area contributed by atoms with Gasteiger partial charge < -0.3 is 24.1 Å². The third-order valence-electron chi connectivity index (χ3n) is 6.30. The number of hydrogen-bond acceptors (Lipinski definition) is 5. The molecule has 7 heteroatoms. The fourth-order valence-electron chi connectivity index (χ4n) is 4.35. The van der Waals surface area contributed by atoms with Crippen LogP contribution in [0.4, 0.5) is 0 Å². The van der Waals surface area contributed by atoms with Crippen LogP contribution in [0.1, 0.15) is 41.5 Å². The second-order valence-electron chi connectivity index (χ2n) is 8.87. The van der Waals surface area contributed by atoms with Crippen LogP contribution < -0.4 is 19.5 Å². The number of aryl methyl sites for hydroxylation is 1. The SMILES string of the molecule is C/C=C/c1ccc(OCCCCn2c(CCNC(=O)c3ccc(OC)cc3)nc3ccccc32)c(OC)c1. The van der Waals surface area contributed by atoms with E-state index in [-0.39, 0.29) is 5.91 Å². The van der Waals surface area contributed by atoms with Crippen LogP contribution >= 0.6 is 0 Å². The van der Waals surface area contributed by atoms with Crippen LogP contribution in [0.3, 0.4) is 0 Å². The molecule has 0 unspecified atom stereocenters. The highest BCUT2D eigenvalue weighted by Crippen LogP contribution is 2.29. The predicted molar refractivity (Wildman–Crippen MR) is 151 cm³/mol. The lowest BCUT2D eigenvalue weighted by atomic mass is 10.2. The molecule has 4 rings (SSSR count). The molecule has 0 aliphatic carbocycles. The normalized spacial score (nSPS) is 11.1. The second-order valence-corrected chi connectivity index (χ2v) is 8.87. The minimum Gasteiger partial charge on any atom is -0.497 e. The van der Waals surface area contributed by atoms with Gasteiger partial charge in [0.25, 0.3) is 5.91 Å². The van der Waals surface area contributed by atoms with E-state index in [2.05, 4.69) is 16.0 Å². The predicted octanol–water partition coefficient (Wildman–Crippen LogP) is 5.92. The third-order valence-corrected chi connectivity index (χ3v) is 6.30. The molecule has 38 heavy (non-hydrogen) atoms. The first-order chi connectivity index (χ1) is 18.6. The maximum absolute atomic E-state index is 12.5. The highest BCUT2D eigenvalue weighted by Gasteiger charge is 2.12. The Labute approximate surface area is 224 Å². The van der Waals surface area contributed by atoms with Crippen LogP contribution in [-0.4, -0.2) is 42.8 Å². The lowest BCUT2D eigenvalue weighted by Crippen LogP contribution is -2.26. The van der Waals surface area contributed by atoms with E-state index in [1.165, 1.54) is 0 Å². The van der Waals surface area contributed by atoms with E-state index < -0.39 is 0 Å². The lowest BCUT2D eigenvalue weighted by molar-refractivity contribution is 0.0954. The molecule has 1 heterocycles. The zero-order valence-corrected chi connectivity index (χ0v) is 22.3. The van der Waals surface area contributed by atoms with Gasteiger partial charge in [-0.2, -0.15) is 0 Å². The molecule has 0 bridgehead atoms. The van der Waals surface area contributed by atoms with E-state index in [0.29, 0.717) is 25.1 Å². The standard InChI is InChI=1S/C31H35N3O4/c1-4-9-23-12-17-28(29(22-23)37-3)38-21-8-7-20-34-27-11-6-5-10-26(27)33-30(34)18-19-32-31(35)24-13-15-25(36-2)16-14-24/h4-6,9-17,22H,7-8,18-21H2,1-3H3,(H,32,35)/b9-4+. The maximum Gasteiger partial charge on any atom is 0.251 e. The van der Waals surface area contributed by atoms with Crippen LogP contribution in [-0.2, 0) is 13.0 Å². The first-order valence-electron chi connectivity index (χ1n) is 12.9. The zero-order valence-electron chi connectivity index (χ0n) is 22.3. The number of amides is 1. The lowest BCUT2D eigenvalue weighted by Gasteiger charge is -2.13. The van der Waals surface area contributed by atoms with Gasteiger partial charge in [0.05, 0.1) is 31.9 Å². The largest absolute Gasteiger partial charge is 0.497 e. The number of unbranched alkanes of at least 4 members (excludes halogenated alkanes) is 1. The van der Waals surface area contributed by atoms with Crippen molar-refractivity contribution in [2.45, 2.75) is 32.7 Å². The summed E-state index contributed by atoms with van der Waals surface area (Å²) in [7, 11) is 3.27. The third kappa shape index (κ3) is 6.73. The molecule has 1 N–H and O–H groups in total. The Balaban J connectivity index is 1.32. The van der Waals surface area contributed by atoms with Gasteiger partial charge in [0.1, 0.15) is 11.6 Å². The Kier molecular flexibility index (Phi) is 9.40.